The third-order valence-electron chi connectivity index (χ3n) is 2.89. The van der Waals surface area contributed by atoms with Crippen LogP contribution in [0.2, 0.25) is 0 Å². The van der Waals surface area contributed by atoms with E-state index in [0.29, 0.717) is 26.4 Å². The minimum Gasteiger partial charge on any atom is -0.236 e. The predicted octanol–water partition coefficient (Wildman–Crippen LogP) is 5.35. The van der Waals surface area contributed by atoms with E-state index in [9.17, 15) is 13.2 Å². The van der Waals surface area contributed by atoms with Crippen LogP contribution in [0.5, 0.6) is 0 Å². The van der Waals surface area contributed by atoms with Gasteiger partial charge in [0.1, 0.15) is 5.01 Å². The Hall–Kier alpha value is -2.39. The van der Waals surface area contributed by atoms with Gasteiger partial charge in [0.2, 0.25) is 0 Å². The molecule has 0 aliphatic carbocycles. The molecule has 0 N–H and O–H groups in total. The van der Waals surface area contributed by atoms with Gasteiger partial charge in [0, 0.05) is 5.57 Å². The second-order valence-electron chi connectivity index (χ2n) is 4.34. The van der Waals surface area contributed by atoms with E-state index in [1.165, 1.54) is 12.1 Å². The van der Waals surface area contributed by atoms with Gasteiger partial charge in [-0.2, -0.15) is 18.4 Å². The molecule has 0 bridgehead atoms. The molecule has 0 spiro atoms. The quantitative estimate of drug-likeness (QED) is 0.564. The molecule has 0 amide bonds. The number of fused-ring (bicyclic) bond motifs is 1. The number of rotatable bonds is 3. The maximum absolute atomic E-state index is 12.7. The summed E-state index contributed by atoms with van der Waals surface area (Å²) in [5.74, 6) is 0. The highest BCUT2D eigenvalue weighted by atomic mass is 32.1. The number of benzene rings is 1. The van der Waals surface area contributed by atoms with Gasteiger partial charge in [-0.25, -0.2) is 4.98 Å². The molecular formula is C16H11F3N2S. The second kappa shape index (κ2) is 6.16. The number of thiazole rings is 1. The molecule has 2 aromatic rings. The molecule has 0 fully saturated rings. The van der Waals surface area contributed by atoms with E-state index in [2.05, 4.69) is 11.6 Å². The van der Waals surface area contributed by atoms with E-state index in [1.807, 2.05) is 6.07 Å². The van der Waals surface area contributed by atoms with Crippen molar-refractivity contribution >= 4 is 27.1 Å². The lowest BCUT2D eigenvalue weighted by Crippen LogP contribution is -2.03. The maximum atomic E-state index is 12.7. The molecule has 1 heterocycles. The summed E-state index contributed by atoms with van der Waals surface area (Å²) in [6.45, 7) is 5.36. The number of hydrogen-bond acceptors (Lipinski definition) is 3. The first kappa shape index (κ1) is 16.0. The standard InChI is InChI=1S/C16H11F3N2S/c1-3-5-12(10(4-2)9-20)15-21-13-7-6-11(16(17,18)19)8-14(13)22-15/h3-8H,2H2,1H3/b5-3-,12-10-. The van der Waals surface area contributed by atoms with Crippen LogP contribution in [0.3, 0.4) is 0 Å². The first-order valence-electron chi connectivity index (χ1n) is 6.28. The Balaban J connectivity index is 2.65. The van der Waals surface area contributed by atoms with Crippen molar-refractivity contribution in [3.05, 3.63) is 59.2 Å². The molecule has 0 atom stereocenters. The van der Waals surface area contributed by atoms with Gasteiger partial charge in [0.05, 0.1) is 27.4 Å². The highest BCUT2D eigenvalue weighted by Gasteiger charge is 2.30. The summed E-state index contributed by atoms with van der Waals surface area (Å²) in [5.41, 5.74) is 0.635. The van der Waals surface area contributed by atoms with Gasteiger partial charge in [-0.15, -0.1) is 11.3 Å². The molecule has 0 saturated carbocycles. The molecule has 0 aliphatic heterocycles. The fourth-order valence-corrected chi connectivity index (χ4v) is 2.92. The van der Waals surface area contributed by atoms with E-state index in [4.69, 9.17) is 5.26 Å². The van der Waals surface area contributed by atoms with E-state index < -0.39 is 11.7 Å². The summed E-state index contributed by atoms with van der Waals surface area (Å²) >= 11 is 1.12. The van der Waals surface area contributed by atoms with Gasteiger partial charge in [-0.05, 0) is 25.1 Å². The van der Waals surface area contributed by atoms with Gasteiger partial charge in [-0.3, -0.25) is 0 Å². The fraction of sp³-hybridized carbons (Fsp3) is 0.125. The Bertz CT molecular complexity index is 820. The Labute approximate surface area is 129 Å². The van der Waals surface area contributed by atoms with Crippen molar-refractivity contribution in [3.8, 4) is 6.07 Å². The lowest BCUT2D eigenvalue weighted by atomic mass is 10.1. The number of halogens is 3. The summed E-state index contributed by atoms with van der Waals surface area (Å²) < 4.78 is 38.7. The molecular weight excluding hydrogens is 309 g/mol. The monoisotopic (exact) mass is 320 g/mol. The van der Waals surface area contributed by atoms with Crippen molar-refractivity contribution < 1.29 is 13.2 Å². The maximum Gasteiger partial charge on any atom is 0.416 e. The van der Waals surface area contributed by atoms with Crippen molar-refractivity contribution in [1.29, 1.82) is 5.26 Å². The third-order valence-corrected chi connectivity index (χ3v) is 3.95. The van der Waals surface area contributed by atoms with Crippen LogP contribution in [0.25, 0.3) is 15.8 Å². The van der Waals surface area contributed by atoms with Crippen LogP contribution >= 0.6 is 11.3 Å². The average molecular weight is 320 g/mol. The number of hydrogen-bond donors (Lipinski definition) is 0. The van der Waals surface area contributed by atoms with E-state index in [1.54, 1.807) is 19.1 Å². The molecule has 2 rings (SSSR count). The molecule has 1 aromatic carbocycles. The molecule has 22 heavy (non-hydrogen) atoms. The largest absolute Gasteiger partial charge is 0.416 e. The molecule has 0 aliphatic rings. The summed E-state index contributed by atoms with van der Waals surface area (Å²) in [5, 5.41) is 9.61. The minimum absolute atomic E-state index is 0.327. The van der Waals surface area contributed by atoms with Crippen LogP contribution in [0.15, 0.2) is 48.6 Å². The fourth-order valence-electron chi connectivity index (χ4n) is 1.87. The molecule has 0 radical (unpaired) electrons. The number of aromatic nitrogens is 1. The van der Waals surface area contributed by atoms with Crippen molar-refractivity contribution in [1.82, 2.24) is 4.98 Å². The zero-order chi connectivity index (χ0) is 16.3. The van der Waals surface area contributed by atoms with Crippen LogP contribution in [0.1, 0.15) is 17.5 Å². The van der Waals surface area contributed by atoms with Crippen LogP contribution in [0, 0.1) is 11.3 Å². The van der Waals surface area contributed by atoms with Crippen LogP contribution in [-0.2, 0) is 6.18 Å². The zero-order valence-electron chi connectivity index (χ0n) is 11.6. The first-order valence-corrected chi connectivity index (χ1v) is 7.10. The van der Waals surface area contributed by atoms with Crippen LogP contribution in [-0.4, -0.2) is 4.98 Å². The molecule has 1 aromatic heterocycles. The van der Waals surface area contributed by atoms with Gasteiger partial charge >= 0.3 is 6.18 Å². The Kier molecular flexibility index (Phi) is 4.48. The summed E-state index contributed by atoms with van der Waals surface area (Å²) in [6, 6.07) is 5.43. The van der Waals surface area contributed by atoms with Crippen molar-refractivity contribution in [3.63, 3.8) is 0 Å². The van der Waals surface area contributed by atoms with E-state index in [0.717, 1.165) is 23.5 Å². The Morgan fingerprint density at radius 1 is 1.41 bits per heavy atom. The zero-order valence-corrected chi connectivity index (χ0v) is 12.4. The number of nitriles is 1. The first-order chi connectivity index (χ1) is 10.4. The SMILES string of the molecule is C=C/C(C#N)=C(\C=C/C)c1nc2ccc(C(F)(F)F)cc2s1. The Morgan fingerprint density at radius 3 is 2.68 bits per heavy atom. The predicted molar refractivity (Wildman–Crippen MR) is 82.2 cm³/mol. The molecule has 6 heteroatoms. The van der Waals surface area contributed by atoms with Gasteiger partial charge < -0.3 is 0 Å². The minimum atomic E-state index is -4.39. The van der Waals surface area contributed by atoms with Crippen LogP contribution < -0.4 is 0 Å². The topological polar surface area (TPSA) is 36.7 Å². The normalized spacial score (nSPS) is 13.2. The summed E-state index contributed by atoms with van der Waals surface area (Å²) in [4.78, 5) is 4.31. The lowest BCUT2D eigenvalue weighted by molar-refractivity contribution is -0.137. The summed E-state index contributed by atoms with van der Waals surface area (Å²) in [7, 11) is 0. The highest BCUT2D eigenvalue weighted by Crippen LogP contribution is 2.35. The highest BCUT2D eigenvalue weighted by molar-refractivity contribution is 7.19. The number of nitrogens with zero attached hydrogens (tertiary/aromatic N) is 2. The summed E-state index contributed by atoms with van der Waals surface area (Å²) in [6.07, 6.45) is 0.452. The van der Waals surface area contributed by atoms with Gasteiger partial charge in [0.15, 0.2) is 0 Å². The van der Waals surface area contributed by atoms with E-state index >= 15 is 0 Å². The molecule has 112 valence electrons. The van der Waals surface area contributed by atoms with Crippen molar-refractivity contribution in [2.45, 2.75) is 13.1 Å². The second-order valence-corrected chi connectivity index (χ2v) is 5.37. The number of alkyl halides is 3. The van der Waals surface area contributed by atoms with Gasteiger partial charge in [0.25, 0.3) is 0 Å². The molecule has 2 nitrogen and oxygen atoms in total. The smallest absolute Gasteiger partial charge is 0.236 e. The van der Waals surface area contributed by atoms with Gasteiger partial charge in [-0.1, -0.05) is 24.8 Å². The van der Waals surface area contributed by atoms with Crippen LogP contribution in [0.4, 0.5) is 13.2 Å². The molecule has 0 saturated heterocycles. The van der Waals surface area contributed by atoms with Crippen molar-refractivity contribution in [2.24, 2.45) is 0 Å². The average Bonchev–Trinajstić information content (AvgIpc) is 2.89. The lowest BCUT2D eigenvalue weighted by Gasteiger charge is -2.04. The Morgan fingerprint density at radius 2 is 2.14 bits per heavy atom. The van der Waals surface area contributed by atoms with Crippen molar-refractivity contribution in [2.75, 3.05) is 0 Å². The van der Waals surface area contributed by atoms with E-state index in [-0.39, 0.29) is 0 Å². The number of allylic oxidation sites excluding steroid dienone is 5. The third kappa shape index (κ3) is 3.10. The molecule has 0 unspecified atom stereocenters.